The molecule has 0 fully saturated rings. The van der Waals surface area contributed by atoms with Crippen LogP contribution >= 0.6 is 0 Å². The molecule has 0 spiro atoms. The third-order valence-electron chi connectivity index (χ3n) is 4.05. The number of anilines is 1. The van der Waals surface area contributed by atoms with Crippen molar-refractivity contribution in [2.75, 3.05) is 5.32 Å². The van der Waals surface area contributed by atoms with Gasteiger partial charge in [-0.3, -0.25) is 14.3 Å². The summed E-state index contributed by atoms with van der Waals surface area (Å²) in [6.07, 6.45) is 0.370. The number of benzene rings is 1. The number of carbonyl (C=O) groups excluding carboxylic acids is 2. The highest BCUT2D eigenvalue weighted by Gasteiger charge is 2.15. The molecule has 5 heteroatoms. The Labute approximate surface area is 136 Å². The van der Waals surface area contributed by atoms with Crippen molar-refractivity contribution in [3.63, 3.8) is 0 Å². The molecule has 0 saturated carbocycles. The molecule has 0 bridgehead atoms. The minimum atomic E-state index is -0.164. The molecule has 23 heavy (non-hydrogen) atoms. The first kappa shape index (κ1) is 16.9. The van der Waals surface area contributed by atoms with E-state index in [0.717, 1.165) is 28.2 Å². The third-order valence-corrected chi connectivity index (χ3v) is 4.05. The molecule has 1 amide bonds. The number of ketones is 1. The van der Waals surface area contributed by atoms with Crippen molar-refractivity contribution in [1.29, 1.82) is 0 Å². The number of nitrogens with zero attached hydrogens (tertiary/aromatic N) is 2. The predicted octanol–water partition coefficient (Wildman–Crippen LogP) is 3.26. The smallest absolute Gasteiger partial charge is 0.224 e. The van der Waals surface area contributed by atoms with E-state index in [4.69, 9.17) is 0 Å². The molecular formula is C18H23N3O2. The minimum absolute atomic E-state index is 0.000908. The van der Waals surface area contributed by atoms with Crippen LogP contribution < -0.4 is 5.32 Å². The van der Waals surface area contributed by atoms with Crippen LogP contribution in [0.5, 0.6) is 0 Å². The monoisotopic (exact) mass is 313 g/mol. The molecular weight excluding hydrogens is 290 g/mol. The third kappa shape index (κ3) is 3.86. The summed E-state index contributed by atoms with van der Waals surface area (Å²) in [5.74, 6) is -0.163. The van der Waals surface area contributed by atoms with Crippen LogP contribution in [0.1, 0.15) is 45.7 Å². The van der Waals surface area contributed by atoms with Crippen molar-refractivity contribution in [3.8, 4) is 0 Å². The van der Waals surface area contributed by atoms with E-state index in [-0.39, 0.29) is 24.5 Å². The average molecular weight is 313 g/mol. The summed E-state index contributed by atoms with van der Waals surface area (Å²) in [4.78, 5) is 24.4. The molecule has 122 valence electrons. The predicted molar refractivity (Wildman–Crippen MR) is 90.8 cm³/mol. The SMILES string of the molecule is Cc1ccc(C)c(C(=O)CCC(=O)Nc2c(C)nn(C)c2C)c1. The lowest BCUT2D eigenvalue weighted by atomic mass is 9.99. The molecule has 0 unspecified atom stereocenters. The van der Waals surface area contributed by atoms with Gasteiger partial charge >= 0.3 is 0 Å². The van der Waals surface area contributed by atoms with Crippen molar-refractivity contribution in [2.45, 2.75) is 40.5 Å². The highest BCUT2D eigenvalue weighted by molar-refractivity contribution is 6.01. The first-order valence-corrected chi connectivity index (χ1v) is 7.70. The van der Waals surface area contributed by atoms with Crippen LogP contribution in [0, 0.1) is 27.7 Å². The van der Waals surface area contributed by atoms with Crippen LogP contribution in [0.2, 0.25) is 0 Å². The van der Waals surface area contributed by atoms with Gasteiger partial charge in [0.25, 0.3) is 0 Å². The topological polar surface area (TPSA) is 64.0 Å². The minimum Gasteiger partial charge on any atom is -0.323 e. The van der Waals surface area contributed by atoms with Crippen molar-refractivity contribution in [1.82, 2.24) is 9.78 Å². The second kappa shape index (κ2) is 6.77. The number of amides is 1. The van der Waals surface area contributed by atoms with Gasteiger partial charge in [-0.05, 0) is 39.3 Å². The van der Waals surface area contributed by atoms with Gasteiger partial charge in [0.15, 0.2) is 5.78 Å². The molecule has 1 N–H and O–H groups in total. The van der Waals surface area contributed by atoms with Gasteiger partial charge in [0.1, 0.15) is 0 Å². The van der Waals surface area contributed by atoms with E-state index < -0.39 is 0 Å². The number of Topliss-reactive ketones (excluding diaryl/α,β-unsaturated/α-hetero) is 1. The molecule has 0 saturated heterocycles. The molecule has 1 heterocycles. The largest absolute Gasteiger partial charge is 0.323 e. The van der Waals surface area contributed by atoms with Gasteiger partial charge in [-0.15, -0.1) is 0 Å². The van der Waals surface area contributed by atoms with Crippen LogP contribution in [-0.4, -0.2) is 21.5 Å². The van der Waals surface area contributed by atoms with Gasteiger partial charge in [0.05, 0.1) is 17.1 Å². The summed E-state index contributed by atoms with van der Waals surface area (Å²) in [6, 6.07) is 5.79. The lowest BCUT2D eigenvalue weighted by Crippen LogP contribution is -2.15. The highest BCUT2D eigenvalue weighted by atomic mass is 16.2. The van der Waals surface area contributed by atoms with Crippen molar-refractivity contribution >= 4 is 17.4 Å². The van der Waals surface area contributed by atoms with Crippen LogP contribution in [-0.2, 0) is 11.8 Å². The number of rotatable bonds is 5. The molecule has 0 atom stereocenters. The highest BCUT2D eigenvalue weighted by Crippen LogP contribution is 2.19. The number of hydrogen-bond acceptors (Lipinski definition) is 3. The summed E-state index contributed by atoms with van der Waals surface area (Å²) >= 11 is 0. The standard InChI is InChI=1S/C18H23N3O2/c1-11-6-7-12(2)15(10-11)16(22)8-9-17(23)19-18-13(3)20-21(5)14(18)4/h6-7,10H,8-9H2,1-5H3,(H,19,23). The van der Waals surface area contributed by atoms with E-state index >= 15 is 0 Å². The van der Waals surface area contributed by atoms with Gasteiger partial charge in [0, 0.05) is 25.5 Å². The Kier molecular flexibility index (Phi) is 4.98. The fourth-order valence-corrected chi connectivity index (χ4v) is 2.55. The lowest BCUT2D eigenvalue weighted by molar-refractivity contribution is -0.116. The van der Waals surface area contributed by atoms with E-state index in [1.165, 1.54) is 0 Å². The van der Waals surface area contributed by atoms with Gasteiger partial charge in [0.2, 0.25) is 5.91 Å². The molecule has 0 aliphatic rings. The summed E-state index contributed by atoms with van der Waals surface area (Å²) in [5, 5.41) is 7.12. The molecule has 1 aromatic heterocycles. The van der Waals surface area contributed by atoms with Crippen molar-refractivity contribution < 1.29 is 9.59 Å². The fraction of sp³-hybridized carbons (Fsp3) is 0.389. The average Bonchev–Trinajstić information content (AvgIpc) is 2.73. The van der Waals surface area contributed by atoms with Gasteiger partial charge in [-0.1, -0.05) is 17.7 Å². The second-order valence-electron chi connectivity index (χ2n) is 5.96. The first-order valence-electron chi connectivity index (χ1n) is 7.70. The molecule has 0 aliphatic heterocycles. The Balaban J connectivity index is 1.99. The Bertz CT molecular complexity index is 760. The van der Waals surface area contributed by atoms with E-state index in [1.807, 2.05) is 52.9 Å². The molecule has 1 aromatic carbocycles. The van der Waals surface area contributed by atoms with E-state index in [2.05, 4.69) is 10.4 Å². The number of nitrogens with one attached hydrogen (secondary N) is 1. The van der Waals surface area contributed by atoms with Crippen LogP contribution in [0.4, 0.5) is 5.69 Å². The Morgan fingerprint density at radius 2 is 1.83 bits per heavy atom. The van der Waals surface area contributed by atoms with Gasteiger partial charge < -0.3 is 5.32 Å². The molecule has 0 radical (unpaired) electrons. The summed E-state index contributed by atoms with van der Waals surface area (Å²) in [5.41, 5.74) is 5.10. The molecule has 2 rings (SSSR count). The normalized spacial score (nSPS) is 10.7. The Morgan fingerprint density at radius 1 is 1.13 bits per heavy atom. The van der Waals surface area contributed by atoms with Crippen molar-refractivity contribution in [3.05, 3.63) is 46.3 Å². The Hall–Kier alpha value is -2.43. The summed E-state index contributed by atoms with van der Waals surface area (Å²) in [7, 11) is 1.84. The second-order valence-corrected chi connectivity index (χ2v) is 5.96. The van der Waals surface area contributed by atoms with Gasteiger partial charge in [-0.25, -0.2) is 0 Å². The molecule has 5 nitrogen and oxygen atoms in total. The quantitative estimate of drug-likeness (QED) is 0.862. The zero-order valence-electron chi connectivity index (χ0n) is 14.4. The lowest BCUT2D eigenvalue weighted by Gasteiger charge is -2.07. The van der Waals surface area contributed by atoms with Crippen LogP contribution in [0.15, 0.2) is 18.2 Å². The number of aryl methyl sites for hydroxylation is 4. The number of hydrogen-bond donors (Lipinski definition) is 1. The number of aromatic nitrogens is 2. The fourth-order valence-electron chi connectivity index (χ4n) is 2.55. The van der Waals surface area contributed by atoms with Gasteiger partial charge in [-0.2, -0.15) is 5.10 Å². The zero-order valence-corrected chi connectivity index (χ0v) is 14.4. The molecule has 2 aromatic rings. The van der Waals surface area contributed by atoms with E-state index in [1.54, 1.807) is 4.68 Å². The Morgan fingerprint density at radius 3 is 2.43 bits per heavy atom. The summed E-state index contributed by atoms with van der Waals surface area (Å²) < 4.78 is 1.73. The van der Waals surface area contributed by atoms with Crippen LogP contribution in [0.25, 0.3) is 0 Å². The molecule has 0 aliphatic carbocycles. The maximum Gasteiger partial charge on any atom is 0.224 e. The zero-order chi connectivity index (χ0) is 17.1. The van der Waals surface area contributed by atoms with Crippen molar-refractivity contribution in [2.24, 2.45) is 7.05 Å². The summed E-state index contributed by atoms with van der Waals surface area (Å²) in [6.45, 7) is 7.62. The first-order chi connectivity index (χ1) is 10.8. The maximum absolute atomic E-state index is 12.3. The van der Waals surface area contributed by atoms with E-state index in [0.29, 0.717) is 5.56 Å². The maximum atomic E-state index is 12.3. The van der Waals surface area contributed by atoms with E-state index in [9.17, 15) is 9.59 Å². The number of carbonyl (C=O) groups is 2. The van der Waals surface area contributed by atoms with Crippen LogP contribution in [0.3, 0.4) is 0 Å².